The maximum absolute atomic E-state index is 13.7. The van der Waals surface area contributed by atoms with Crippen LogP contribution in [-0.4, -0.2) is 59.4 Å². The minimum absolute atomic E-state index is 0.0606. The van der Waals surface area contributed by atoms with E-state index in [1.807, 2.05) is 70.5 Å². The molecule has 2 aliphatic rings. The Labute approximate surface area is 306 Å². The van der Waals surface area contributed by atoms with E-state index in [4.69, 9.17) is 0 Å². The van der Waals surface area contributed by atoms with Gasteiger partial charge in [0.05, 0.1) is 6.42 Å². The molecule has 2 heterocycles. The molecule has 2 aliphatic heterocycles. The van der Waals surface area contributed by atoms with Crippen LogP contribution in [0.15, 0.2) is 102 Å². The number of carbonyl (C=O) groups is 2. The third kappa shape index (κ3) is 10.3. The lowest BCUT2D eigenvalue weighted by Gasteiger charge is -2.32. The molecular weight excluding hydrogens is 686 g/mol. The maximum Gasteiger partial charge on any atom is 0.253 e. The van der Waals surface area contributed by atoms with Crippen LogP contribution in [0.3, 0.4) is 0 Å². The summed E-state index contributed by atoms with van der Waals surface area (Å²) in [6, 6.07) is 31.4. The molecule has 2 amide bonds. The maximum atomic E-state index is 13.7. The third-order valence-electron chi connectivity index (χ3n) is 10.5. The summed E-state index contributed by atoms with van der Waals surface area (Å²) in [6.45, 7) is 5.06. The molecule has 6 rings (SSSR count). The predicted molar refractivity (Wildman–Crippen MR) is 205 cm³/mol. The van der Waals surface area contributed by atoms with Gasteiger partial charge in [-0.2, -0.15) is 0 Å². The minimum atomic E-state index is 0.0606. The fourth-order valence-electron chi connectivity index (χ4n) is 7.53. The summed E-state index contributed by atoms with van der Waals surface area (Å²) in [5, 5.41) is 13.2. The Morgan fingerprint density at radius 1 is 0.760 bits per heavy atom. The van der Waals surface area contributed by atoms with E-state index in [0.29, 0.717) is 25.9 Å². The molecular formula is C43H50BrN3O3. The first kappa shape index (κ1) is 35.9. The number of benzene rings is 4. The van der Waals surface area contributed by atoms with Gasteiger partial charge in [-0.25, -0.2) is 0 Å². The molecule has 0 atom stereocenters. The van der Waals surface area contributed by atoms with Crippen LogP contribution in [0.25, 0.3) is 11.1 Å². The Kier molecular flexibility index (Phi) is 12.8. The fraction of sp³-hybridized carbons (Fsp3) is 0.395. The Balaban J connectivity index is 1.08. The van der Waals surface area contributed by atoms with Gasteiger partial charge in [0.15, 0.2) is 0 Å². The summed E-state index contributed by atoms with van der Waals surface area (Å²) < 4.78 is 0.953. The van der Waals surface area contributed by atoms with E-state index in [9.17, 15) is 14.7 Å². The van der Waals surface area contributed by atoms with Crippen LogP contribution in [0, 0.1) is 11.8 Å². The van der Waals surface area contributed by atoms with Gasteiger partial charge in [0.2, 0.25) is 5.91 Å². The van der Waals surface area contributed by atoms with Gasteiger partial charge in [-0.15, -0.1) is 0 Å². The molecule has 0 bridgehead atoms. The highest BCUT2D eigenvalue weighted by Crippen LogP contribution is 2.28. The van der Waals surface area contributed by atoms with E-state index in [1.165, 1.54) is 45.2 Å². The number of phenolic OH excluding ortho intramolecular Hbond substituents is 1. The zero-order valence-electron chi connectivity index (χ0n) is 29.0. The highest BCUT2D eigenvalue weighted by Gasteiger charge is 2.24. The van der Waals surface area contributed by atoms with E-state index < -0.39 is 0 Å². The average Bonchev–Trinajstić information content (AvgIpc) is 3.14. The van der Waals surface area contributed by atoms with Gasteiger partial charge >= 0.3 is 0 Å². The number of nitrogens with one attached hydrogen (secondary N) is 1. The Morgan fingerprint density at radius 2 is 1.42 bits per heavy atom. The first-order valence-corrected chi connectivity index (χ1v) is 19.2. The number of hydrogen-bond donors (Lipinski definition) is 2. The number of piperidine rings is 2. The van der Waals surface area contributed by atoms with Crippen molar-refractivity contribution in [1.82, 2.24) is 15.1 Å². The summed E-state index contributed by atoms with van der Waals surface area (Å²) in [5.41, 5.74) is 5.83. The molecule has 0 aliphatic carbocycles. The number of rotatable bonds is 13. The lowest BCUT2D eigenvalue weighted by molar-refractivity contribution is -0.131. The molecule has 2 fully saturated rings. The van der Waals surface area contributed by atoms with Crippen molar-refractivity contribution in [2.75, 3.05) is 32.7 Å². The summed E-state index contributed by atoms with van der Waals surface area (Å²) in [6.07, 6.45) is 9.81. The lowest BCUT2D eigenvalue weighted by Crippen LogP contribution is -2.38. The monoisotopic (exact) mass is 735 g/mol. The van der Waals surface area contributed by atoms with Gasteiger partial charge in [-0.3, -0.25) is 9.59 Å². The van der Waals surface area contributed by atoms with Crippen molar-refractivity contribution in [3.05, 3.63) is 124 Å². The molecule has 0 unspecified atom stereocenters. The van der Waals surface area contributed by atoms with Crippen LogP contribution < -0.4 is 5.32 Å². The normalized spacial score (nSPS) is 15.6. The van der Waals surface area contributed by atoms with Crippen LogP contribution in [0.1, 0.15) is 72.0 Å². The third-order valence-corrected chi connectivity index (χ3v) is 11.0. The number of phenols is 1. The highest BCUT2D eigenvalue weighted by molar-refractivity contribution is 9.10. The van der Waals surface area contributed by atoms with Crippen molar-refractivity contribution in [2.45, 2.75) is 64.3 Å². The van der Waals surface area contributed by atoms with Crippen molar-refractivity contribution < 1.29 is 14.7 Å². The van der Waals surface area contributed by atoms with E-state index in [-0.39, 0.29) is 17.6 Å². The van der Waals surface area contributed by atoms with Gasteiger partial charge in [0.25, 0.3) is 5.91 Å². The van der Waals surface area contributed by atoms with Crippen molar-refractivity contribution in [2.24, 2.45) is 11.8 Å². The summed E-state index contributed by atoms with van der Waals surface area (Å²) in [7, 11) is 0. The smallest absolute Gasteiger partial charge is 0.253 e. The lowest BCUT2D eigenvalue weighted by atomic mass is 9.87. The van der Waals surface area contributed by atoms with Gasteiger partial charge in [0, 0.05) is 36.2 Å². The SMILES string of the molecule is O=C(Cc1cccc(Br)c1)N(CCc1ccc(O)cc1)Cc1cccc(-c2cccc(C(=O)N3CCC(CCCC4CCNCC4)CC3)c2)c1. The minimum Gasteiger partial charge on any atom is -0.508 e. The van der Waals surface area contributed by atoms with Gasteiger partial charge in [-0.05, 0) is 127 Å². The molecule has 4 aromatic carbocycles. The zero-order chi connectivity index (χ0) is 34.7. The van der Waals surface area contributed by atoms with Crippen LogP contribution in [-0.2, 0) is 24.2 Å². The molecule has 4 aromatic rings. The molecule has 0 spiro atoms. The highest BCUT2D eigenvalue weighted by atomic mass is 79.9. The second-order valence-corrected chi connectivity index (χ2v) is 15.1. The van der Waals surface area contributed by atoms with Crippen LogP contribution in [0.2, 0.25) is 0 Å². The number of amides is 2. The van der Waals surface area contributed by atoms with Crippen molar-refractivity contribution >= 4 is 27.7 Å². The number of likely N-dealkylation sites (tertiary alicyclic amines) is 1. The first-order valence-electron chi connectivity index (χ1n) is 18.4. The molecule has 6 nitrogen and oxygen atoms in total. The topological polar surface area (TPSA) is 72.9 Å². The number of hydrogen-bond acceptors (Lipinski definition) is 4. The summed E-state index contributed by atoms with van der Waals surface area (Å²) >= 11 is 3.53. The number of carbonyl (C=O) groups excluding carboxylic acids is 2. The van der Waals surface area contributed by atoms with E-state index in [0.717, 1.165) is 75.6 Å². The predicted octanol–water partition coefficient (Wildman–Crippen LogP) is 8.66. The van der Waals surface area contributed by atoms with E-state index in [1.54, 1.807) is 12.1 Å². The van der Waals surface area contributed by atoms with E-state index >= 15 is 0 Å². The second-order valence-electron chi connectivity index (χ2n) is 14.2. The second kappa shape index (κ2) is 17.8. The molecule has 0 aromatic heterocycles. The zero-order valence-corrected chi connectivity index (χ0v) is 30.6. The van der Waals surface area contributed by atoms with Crippen molar-refractivity contribution in [1.29, 1.82) is 0 Å². The number of halogens is 1. The van der Waals surface area contributed by atoms with Crippen molar-refractivity contribution in [3.63, 3.8) is 0 Å². The van der Waals surface area contributed by atoms with E-state index in [2.05, 4.69) is 45.5 Å². The number of nitrogens with zero attached hydrogens (tertiary/aromatic N) is 2. The van der Waals surface area contributed by atoms with Gasteiger partial charge in [0.1, 0.15) is 5.75 Å². The van der Waals surface area contributed by atoms with Crippen LogP contribution in [0.4, 0.5) is 0 Å². The molecule has 0 radical (unpaired) electrons. The molecule has 7 heteroatoms. The van der Waals surface area contributed by atoms with Crippen LogP contribution in [0.5, 0.6) is 5.75 Å². The first-order chi connectivity index (χ1) is 24.4. The largest absolute Gasteiger partial charge is 0.508 e. The van der Waals surface area contributed by atoms with Gasteiger partial charge < -0.3 is 20.2 Å². The fourth-order valence-corrected chi connectivity index (χ4v) is 7.97. The Morgan fingerprint density at radius 3 is 2.16 bits per heavy atom. The number of aromatic hydroxyl groups is 1. The van der Waals surface area contributed by atoms with Crippen molar-refractivity contribution in [3.8, 4) is 16.9 Å². The van der Waals surface area contributed by atoms with Gasteiger partial charge in [-0.1, -0.05) is 89.8 Å². The van der Waals surface area contributed by atoms with Crippen LogP contribution >= 0.6 is 15.9 Å². The molecule has 0 saturated carbocycles. The molecule has 2 N–H and O–H groups in total. The average molecular weight is 737 g/mol. The molecule has 2 saturated heterocycles. The quantitative estimate of drug-likeness (QED) is 0.144. The Hall–Kier alpha value is -3.94. The summed E-state index contributed by atoms with van der Waals surface area (Å²) in [4.78, 5) is 31.3. The Bertz CT molecular complexity index is 1710. The summed E-state index contributed by atoms with van der Waals surface area (Å²) in [5.74, 6) is 2.04. The molecule has 262 valence electrons. The molecule has 50 heavy (non-hydrogen) atoms. The standard InChI is InChI=1S/C43H50BrN3O3/c44-40-12-3-7-35(28-40)29-42(49)47(26-21-34-13-15-41(48)16-14-34)31-36-8-2-9-37(27-36)38-10-4-11-39(30-38)43(50)46-24-19-33(20-25-46)6-1-5-32-17-22-45-23-18-32/h2-4,7-16,27-28,30,32-33,45,48H,1,5-6,17-26,29,31H2.